The predicted molar refractivity (Wildman–Crippen MR) is 161 cm³/mol. The van der Waals surface area contributed by atoms with Crippen molar-refractivity contribution in [1.29, 1.82) is 0 Å². The van der Waals surface area contributed by atoms with Crippen LogP contribution in [0.2, 0.25) is 5.02 Å². The lowest BCUT2D eigenvalue weighted by Gasteiger charge is -2.32. The Hall–Kier alpha value is -4.53. The Morgan fingerprint density at radius 1 is 1.14 bits per heavy atom. The number of nitrogens with zero attached hydrogens (tertiary/aromatic N) is 5. The number of hydrogen-bond acceptors (Lipinski definition) is 7. The first-order valence-electron chi connectivity index (χ1n) is 13.3. The average Bonchev–Trinajstić information content (AvgIpc) is 2.98. The van der Waals surface area contributed by atoms with Gasteiger partial charge in [0.05, 0.1) is 28.3 Å². The number of carbonyl (C=O) groups is 3. The second-order valence-corrected chi connectivity index (χ2v) is 10.2. The van der Waals surface area contributed by atoms with E-state index >= 15 is 0 Å². The number of benzene rings is 2. The van der Waals surface area contributed by atoms with Crippen LogP contribution in [-0.4, -0.2) is 89.2 Å². The Labute approximate surface area is 248 Å². The van der Waals surface area contributed by atoms with E-state index in [1.807, 2.05) is 7.05 Å². The van der Waals surface area contributed by atoms with Crippen molar-refractivity contribution in [1.82, 2.24) is 24.7 Å². The Morgan fingerprint density at radius 2 is 1.90 bits per heavy atom. The van der Waals surface area contributed by atoms with E-state index in [1.165, 1.54) is 29.4 Å². The number of hydrogen-bond donors (Lipinski definition) is 2. The van der Waals surface area contributed by atoms with E-state index in [9.17, 15) is 18.8 Å². The first-order valence-corrected chi connectivity index (χ1v) is 13.7. The third kappa shape index (κ3) is 7.81. The van der Waals surface area contributed by atoms with Gasteiger partial charge in [-0.2, -0.15) is 0 Å². The number of aromatic nitrogens is 2. The highest BCUT2D eigenvalue weighted by molar-refractivity contribution is 6.31. The van der Waals surface area contributed by atoms with E-state index in [4.69, 9.17) is 11.6 Å². The maximum Gasteiger partial charge on any atom is 0.247 e. The molecule has 12 heteroatoms. The van der Waals surface area contributed by atoms with Crippen molar-refractivity contribution in [2.45, 2.75) is 12.8 Å². The van der Waals surface area contributed by atoms with E-state index in [2.05, 4.69) is 43.9 Å². The molecule has 42 heavy (non-hydrogen) atoms. The molecule has 1 aromatic heterocycles. The topological polar surface area (TPSA) is 111 Å². The highest BCUT2D eigenvalue weighted by Crippen LogP contribution is 2.29. The quantitative estimate of drug-likeness (QED) is 0.304. The Morgan fingerprint density at radius 3 is 2.62 bits per heavy atom. The zero-order valence-electron chi connectivity index (χ0n) is 23.4. The van der Waals surface area contributed by atoms with Gasteiger partial charge in [-0.25, -0.2) is 14.4 Å². The van der Waals surface area contributed by atoms with Gasteiger partial charge in [-0.1, -0.05) is 30.0 Å². The Balaban J connectivity index is 1.48. The standard InChI is InChI=1S/C30H31ClFN7O3/c1-4-27(40)36-25-18-22-26(33-19-34-30(22)35-21-7-8-24(32)23(31)17-21)16-20(25)6-5-11-38(3)28(41)9-10-29(42)39-14-12-37(2)13-15-39/h4,7-8,16-19H,1,9-15H2,2-3H3,(H,36,40)(H,33,34,35). The fraction of sp³-hybridized carbons (Fsp3) is 0.300. The van der Waals surface area contributed by atoms with Gasteiger partial charge in [-0.05, 0) is 43.5 Å². The van der Waals surface area contributed by atoms with Gasteiger partial charge in [0, 0.05) is 57.1 Å². The normalized spacial score (nSPS) is 13.2. The van der Waals surface area contributed by atoms with Gasteiger partial charge in [-0.15, -0.1) is 0 Å². The third-order valence-electron chi connectivity index (χ3n) is 6.77. The maximum atomic E-state index is 13.6. The minimum Gasteiger partial charge on any atom is -0.340 e. The number of amides is 3. The van der Waals surface area contributed by atoms with Gasteiger partial charge in [0.15, 0.2) is 0 Å². The van der Waals surface area contributed by atoms with E-state index in [0.29, 0.717) is 46.7 Å². The molecule has 3 amide bonds. The van der Waals surface area contributed by atoms with Crippen molar-refractivity contribution >= 4 is 57.4 Å². The summed E-state index contributed by atoms with van der Waals surface area (Å²) >= 11 is 5.91. The first kappa shape index (κ1) is 30.4. The number of nitrogens with one attached hydrogen (secondary N) is 2. The highest BCUT2D eigenvalue weighted by atomic mass is 35.5. The minimum absolute atomic E-state index is 0.0203. The van der Waals surface area contributed by atoms with Crippen LogP contribution in [-0.2, 0) is 14.4 Å². The summed E-state index contributed by atoms with van der Waals surface area (Å²) in [5.74, 6) is 5.20. The van der Waals surface area contributed by atoms with Crippen molar-refractivity contribution in [2.75, 3.05) is 57.5 Å². The molecule has 1 aliphatic rings. The van der Waals surface area contributed by atoms with Crippen LogP contribution in [0.1, 0.15) is 18.4 Å². The molecule has 4 rings (SSSR count). The van der Waals surface area contributed by atoms with E-state index in [-0.39, 0.29) is 36.2 Å². The molecule has 0 spiro atoms. The molecule has 0 unspecified atom stereocenters. The van der Waals surface area contributed by atoms with Crippen LogP contribution in [0.4, 0.5) is 21.6 Å². The van der Waals surface area contributed by atoms with Crippen LogP contribution in [0.3, 0.4) is 0 Å². The summed E-state index contributed by atoms with van der Waals surface area (Å²) in [6, 6.07) is 7.57. The lowest BCUT2D eigenvalue weighted by atomic mass is 10.1. The molecular weight excluding hydrogens is 561 g/mol. The van der Waals surface area contributed by atoms with Crippen molar-refractivity contribution in [2.24, 2.45) is 0 Å². The molecular formula is C30H31ClFN7O3. The number of halogens is 2. The zero-order chi connectivity index (χ0) is 30.2. The Bertz CT molecular complexity index is 1580. The molecule has 1 saturated heterocycles. The number of rotatable bonds is 8. The van der Waals surface area contributed by atoms with E-state index < -0.39 is 11.7 Å². The van der Waals surface area contributed by atoms with Gasteiger partial charge < -0.3 is 25.3 Å². The molecule has 2 heterocycles. The fourth-order valence-corrected chi connectivity index (χ4v) is 4.44. The van der Waals surface area contributed by atoms with Crippen LogP contribution < -0.4 is 10.6 Å². The summed E-state index contributed by atoms with van der Waals surface area (Å²) in [4.78, 5) is 51.3. The number of likely N-dealkylation sites (N-methyl/N-ethyl adjacent to an activating group) is 1. The van der Waals surface area contributed by atoms with E-state index in [1.54, 1.807) is 24.1 Å². The van der Waals surface area contributed by atoms with Crippen molar-refractivity contribution in [3.05, 3.63) is 65.7 Å². The van der Waals surface area contributed by atoms with Gasteiger partial charge in [0.1, 0.15) is 18.0 Å². The van der Waals surface area contributed by atoms with Gasteiger partial charge in [0.2, 0.25) is 17.7 Å². The maximum absolute atomic E-state index is 13.6. The molecule has 0 aliphatic carbocycles. The molecule has 1 aliphatic heterocycles. The SMILES string of the molecule is C=CC(=O)Nc1cc2c(Nc3ccc(F)c(Cl)c3)ncnc2cc1C#CCN(C)C(=O)CCC(=O)N1CCN(C)CC1. The predicted octanol–water partition coefficient (Wildman–Crippen LogP) is 3.65. The lowest BCUT2D eigenvalue weighted by Crippen LogP contribution is -2.47. The largest absolute Gasteiger partial charge is 0.340 e. The minimum atomic E-state index is -0.543. The number of anilines is 3. The summed E-state index contributed by atoms with van der Waals surface area (Å²) < 4.78 is 13.6. The molecule has 2 aromatic carbocycles. The van der Waals surface area contributed by atoms with Crippen molar-refractivity contribution in [3.63, 3.8) is 0 Å². The Kier molecular flexibility index (Phi) is 10.1. The van der Waals surface area contributed by atoms with Crippen molar-refractivity contribution < 1.29 is 18.8 Å². The molecule has 0 radical (unpaired) electrons. The molecule has 3 aromatic rings. The van der Waals surface area contributed by atoms with Crippen LogP contribution in [0.5, 0.6) is 0 Å². The van der Waals surface area contributed by atoms with Crippen LogP contribution in [0, 0.1) is 17.7 Å². The lowest BCUT2D eigenvalue weighted by molar-refractivity contribution is -0.137. The molecule has 1 fully saturated rings. The molecule has 10 nitrogen and oxygen atoms in total. The number of carbonyl (C=O) groups excluding carboxylic acids is 3. The molecule has 218 valence electrons. The van der Waals surface area contributed by atoms with Crippen molar-refractivity contribution in [3.8, 4) is 11.8 Å². The summed E-state index contributed by atoms with van der Waals surface area (Å²) in [7, 11) is 3.65. The average molecular weight is 592 g/mol. The third-order valence-corrected chi connectivity index (χ3v) is 7.06. The molecule has 2 N–H and O–H groups in total. The van der Waals surface area contributed by atoms with Crippen LogP contribution >= 0.6 is 11.6 Å². The summed E-state index contributed by atoms with van der Waals surface area (Å²) in [6.45, 7) is 6.62. The van der Waals surface area contributed by atoms with E-state index in [0.717, 1.165) is 19.2 Å². The van der Waals surface area contributed by atoms with Gasteiger partial charge in [0.25, 0.3) is 0 Å². The zero-order valence-corrected chi connectivity index (χ0v) is 24.2. The summed E-state index contributed by atoms with van der Waals surface area (Å²) in [6.07, 6.45) is 2.76. The van der Waals surface area contributed by atoms with Crippen LogP contribution in [0.15, 0.2) is 49.3 Å². The second kappa shape index (κ2) is 13.9. The highest BCUT2D eigenvalue weighted by Gasteiger charge is 2.20. The fourth-order valence-electron chi connectivity index (χ4n) is 4.26. The summed E-state index contributed by atoms with van der Waals surface area (Å²) in [5.41, 5.74) is 1.91. The molecule has 0 bridgehead atoms. The number of fused-ring (bicyclic) bond motifs is 1. The monoisotopic (exact) mass is 591 g/mol. The molecule has 0 atom stereocenters. The van der Waals surface area contributed by atoms with Gasteiger partial charge in [-0.3, -0.25) is 14.4 Å². The first-order chi connectivity index (χ1) is 20.1. The smallest absolute Gasteiger partial charge is 0.247 e. The summed E-state index contributed by atoms with van der Waals surface area (Å²) in [5, 5.41) is 6.37. The second-order valence-electron chi connectivity index (χ2n) is 9.82. The number of piperazine rings is 1. The molecule has 0 saturated carbocycles. The van der Waals surface area contributed by atoms with Crippen LogP contribution in [0.25, 0.3) is 10.9 Å². The van der Waals surface area contributed by atoms with Gasteiger partial charge >= 0.3 is 0 Å².